The highest BCUT2D eigenvalue weighted by Crippen LogP contribution is 2.38. The van der Waals surface area contributed by atoms with Crippen molar-refractivity contribution in [2.24, 2.45) is 11.8 Å². The maximum absolute atomic E-state index is 10.8. The van der Waals surface area contributed by atoms with E-state index < -0.39 is 29.3 Å². The van der Waals surface area contributed by atoms with Crippen LogP contribution in [0.3, 0.4) is 0 Å². The number of aliphatic hydroxyl groups is 3. The number of aliphatic hydroxyl groups excluding tert-OH is 3. The second-order valence-electron chi connectivity index (χ2n) is 9.24. The first-order chi connectivity index (χ1) is 16.1. The molecule has 2 aliphatic rings. The zero-order valence-corrected chi connectivity index (χ0v) is 19.2. The van der Waals surface area contributed by atoms with Crippen molar-refractivity contribution in [3.8, 4) is 11.5 Å². The van der Waals surface area contributed by atoms with Crippen LogP contribution in [0.15, 0.2) is 32.7 Å². The van der Waals surface area contributed by atoms with Gasteiger partial charge in [0.25, 0.3) is 0 Å². The summed E-state index contributed by atoms with van der Waals surface area (Å²) in [4.78, 5) is 14.3. The van der Waals surface area contributed by atoms with E-state index in [4.69, 9.17) is 18.3 Å². The van der Waals surface area contributed by atoms with Crippen molar-refractivity contribution in [2.75, 3.05) is 6.61 Å². The molecule has 2 fully saturated rings. The fourth-order valence-electron chi connectivity index (χ4n) is 4.33. The molecule has 2 aromatic rings. The van der Waals surface area contributed by atoms with Crippen LogP contribution in [0.1, 0.15) is 39.5 Å². The highest BCUT2D eigenvalue weighted by molar-refractivity contribution is 5.53. The second-order valence-corrected chi connectivity index (χ2v) is 9.24. The Morgan fingerprint density at radius 3 is 2.68 bits per heavy atom. The number of hydrogen-bond acceptors (Lipinski definition) is 10. The summed E-state index contributed by atoms with van der Waals surface area (Å²) in [5.41, 5.74) is 0.810. The van der Waals surface area contributed by atoms with E-state index in [-0.39, 0.29) is 47.3 Å². The molecule has 2 aliphatic heterocycles. The molecule has 0 radical (unpaired) electrons. The molecule has 11 heteroatoms. The maximum Gasteiger partial charge on any atom is 0.433 e. The van der Waals surface area contributed by atoms with E-state index >= 15 is 0 Å². The molecular weight excluding hydrogens is 448 g/mol. The van der Waals surface area contributed by atoms with Crippen LogP contribution in [-0.2, 0) is 9.47 Å². The van der Waals surface area contributed by atoms with E-state index in [1.54, 1.807) is 13.0 Å². The third-order valence-corrected chi connectivity index (χ3v) is 6.61. The number of nitro groups is 1. The van der Waals surface area contributed by atoms with Gasteiger partial charge >= 0.3 is 5.88 Å². The Kier molecular flexibility index (Phi) is 7.20. The van der Waals surface area contributed by atoms with Crippen molar-refractivity contribution in [2.45, 2.75) is 70.2 Å². The molecule has 8 atom stereocenters. The summed E-state index contributed by atoms with van der Waals surface area (Å²) in [5, 5.41) is 41.8. The van der Waals surface area contributed by atoms with Gasteiger partial charge in [0.15, 0.2) is 11.5 Å². The lowest BCUT2D eigenvalue weighted by Gasteiger charge is -2.38. The van der Waals surface area contributed by atoms with Crippen molar-refractivity contribution in [3.63, 3.8) is 0 Å². The van der Waals surface area contributed by atoms with Crippen LogP contribution in [0.4, 0.5) is 5.88 Å². The minimum Gasteiger partial charge on any atom is -0.433 e. The van der Waals surface area contributed by atoms with Crippen LogP contribution in [0.2, 0.25) is 0 Å². The van der Waals surface area contributed by atoms with Crippen LogP contribution in [0, 0.1) is 22.0 Å². The first kappa shape index (κ1) is 24.6. The summed E-state index contributed by atoms with van der Waals surface area (Å²) in [7, 11) is 0. The number of hydrogen-bond donors (Lipinski definition) is 3. The van der Waals surface area contributed by atoms with Gasteiger partial charge in [-0.2, -0.15) is 0 Å². The molecule has 0 amide bonds. The summed E-state index contributed by atoms with van der Waals surface area (Å²) in [6.07, 6.45) is 0.865. The lowest BCUT2D eigenvalue weighted by atomic mass is 9.85. The van der Waals surface area contributed by atoms with E-state index in [1.165, 1.54) is 18.3 Å². The highest BCUT2D eigenvalue weighted by Gasteiger charge is 2.48. The number of oxazole rings is 1. The molecule has 0 bridgehead atoms. The molecular formula is C23H30N2O9. The van der Waals surface area contributed by atoms with Gasteiger partial charge < -0.3 is 33.6 Å². The fraction of sp³-hybridized carbons (Fsp3) is 0.609. The van der Waals surface area contributed by atoms with Crippen LogP contribution < -0.4 is 0 Å². The third kappa shape index (κ3) is 5.39. The summed E-state index contributed by atoms with van der Waals surface area (Å²) in [6.45, 7) is 5.79. The van der Waals surface area contributed by atoms with Gasteiger partial charge in [-0.1, -0.05) is 12.5 Å². The van der Waals surface area contributed by atoms with E-state index in [9.17, 15) is 25.4 Å². The van der Waals surface area contributed by atoms with Gasteiger partial charge in [0.2, 0.25) is 5.89 Å². The Morgan fingerprint density at radius 1 is 1.24 bits per heavy atom. The van der Waals surface area contributed by atoms with Crippen LogP contribution in [-0.4, -0.2) is 68.5 Å². The van der Waals surface area contributed by atoms with E-state index in [1.807, 2.05) is 13.8 Å². The van der Waals surface area contributed by atoms with E-state index in [2.05, 4.69) is 4.98 Å². The lowest BCUT2D eigenvalue weighted by Crippen LogP contribution is -2.50. The highest BCUT2D eigenvalue weighted by atomic mass is 16.6. The molecule has 2 aromatic heterocycles. The van der Waals surface area contributed by atoms with Gasteiger partial charge in [0.05, 0.1) is 49.4 Å². The lowest BCUT2D eigenvalue weighted by molar-refractivity contribution is -0.401. The number of epoxide rings is 1. The molecule has 4 heterocycles. The summed E-state index contributed by atoms with van der Waals surface area (Å²) in [5.74, 6) is 0.0982. The summed E-state index contributed by atoms with van der Waals surface area (Å²) < 4.78 is 22.2. The number of ether oxygens (including phenoxy) is 2. The van der Waals surface area contributed by atoms with Gasteiger partial charge in [-0.05, 0) is 38.8 Å². The Morgan fingerprint density at radius 2 is 2.00 bits per heavy atom. The van der Waals surface area contributed by atoms with Gasteiger partial charge in [0, 0.05) is 11.8 Å². The minimum absolute atomic E-state index is 0.00994. The zero-order chi connectivity index (χ0) is 24.6. The first-order valence-corrected chi connectivity index (χ1v) is 11.3. The largest absolute Gasteiger partial charge is 0.433 e. The van der Waals surface area contributed by atoms with Gasteiger partial charge in [-0.25, -0.2) is 4.98 Å². The average Bonchev–Trinajstić information content (AvgIpc) is 3.15. The van der Waals surface area contributed by atoms with E-state index in [0.29, 0.717) is 19.4 Å². The van der Waals surface area contributed by atoms with Crippen LogP contribution >= 0.6 is 0 Å². The van der Waals surface area contributed by atoms with Crippen LogP contribution in [0.25, 0.3) is 17.6 Å². The fourth-order valence-corrected chi connectivity index (χ4v) is 4.33. The topological polar surface area (TPSA) is 165 Å². The number of furan rings is 1. The SMILES string of the molecule is C/C(=C\c1ncc(-c2ccc([N+](=O)[O-])o2)o1)C[C@@H]1OC[C@H](C[C@@H]2O[C@H]2[C@@H](C)[C@@H](C)O)[C@@H](O)[C@H]1O. The van der Waals surface area contributed by atoms with Crippen molar-refractivity contribution >= 4 is 12.0 Å². The monoisotopic (exact) mass is 478 g/mol. The van der Waals surface area contributed by atoms with Gasteiger partial charge in [-0.3, -0.25) is 10.1 Å². The van der Waals surface area contributed by atoms with Gasteiger partial charge in [-0.15, -0.1) is 0 Å². The van der Waals surface area contributed by atoms with Gasteiger partial charge in [0.1, 0.15) is 11.0 Å². The molecule has 186 valence electrons. The molecule has 2 saturated heterocycles. The number of nitrogens with zero attached hydrogens (tertiary/aromatic N) is 2. The summed E-state index contributed by atoms with van der Waals surface area (Å²) >= 11 is 0. The predicted octanol–water partition coefficient (Wildman–Crippen LogP) is 2.55. The molecule has 4 rings (SSSR count). The molecule has 0 saturated carbocycles. The second kappa shape index (κ2) is 9.96. The zero-order valence-electron chi connectivity index (χ0n) is 19.2. The quantitative estimate of drug-likeness (QED) is 0.277. The van der Waals surface area contributed by atoms with Crippen molar-refractivity contribution in [1.29, 1.82) is 0 Å². The van der Waals surface area contributed by atoms with Crippen LogP contribution in [0.5, 0.6) is 0 Å². The normalized spacial score (nSPS) is 31.3. The first-order valence-electron chi connectivity index (χ1n) is 11.3. The molecule has 0 aliphatic carbocycles. The number of rotatable bonds is 9. The van der Waals surface area contributed by atoms with Crippen molar-refractivity contribution in [3.05, 3.63) is 39.9 Å². The van der Waals surface area contributed by atoms with Crippen molar-refractivity contribution < 1.29 is 38.6 Å². The Balaban J connectivity index is 1.31. The Hall–Kier alpha value is -2.57. The molecule has 11 nitrogen and oxygen atoms in total. The molecule has 3 N–H and O–H groups in total. The molecule has 34 heavy (non-hydrogen) atoms. The van der Waals surface area contributed by atoms with Crippen molar-refractivity contribution in [1.82, 2.24) is 4.98 Å². The maximum atomic E-state index is 10.8. The molecule has 0 spiro atoms. The standard InChI is InChI=1S/C23H30N2O9/c1-11(7-19-24-9-18(32-19)15-4-5-20(33-15)25(29)30)6-16-22(28)21(27)14(10-31-16)8-17-23(34-17)12(2)13(3)26/h4-5,7,9,12-14,16-17,21-23,26-28H,6,8,10H2,1-3H3/b11-7+/t12-,13+,14-,16-,17-,21+,22-,23-/m0/s1. The smallest absolute Gasteiger partial charge is 0.433 e. The number of aromatic nitrogens is 1. The summed E-state index contributed by atoms with van der Waals surface area (Å²) in [6, 6.07) is 2.67. The molecule has 0 unspecified atom stereocenters. The average molecular weight is 478 g/mol. The predicted molar refractivity (Wildman–Crippen MR) is 118 cm³/mol. The Labute approximate surface area is 196 Å². The minimum atomic E-state index is -1.06. The Bertz CT molecular complexity index is 1030. The third-order valence-electron chi connectivity index (χ3n) is 6.61. The van der Waals surface area contributed by atoms with E-state index in [0.717, 1.165) is 5.57 Å². The molecule has 0 aromatic carbocycles.